The van der Waals surface area contributed by atoms with Gasteiger partial charge in [0.1, 0.15) is 5.01 Å². The minimum absolute atomic E-state index is 0.132. The van der Waals surface area contributed by atoms with Gasteiger partial charge >= 0.3 is 0 Å². The van der Waals surface area contributed by atoms with Gasteiger partial charge in [-0.25, -0.2) is 4.98 Å². The predicted molar refractivity (Wildman–Crippen MR) is 90.9 cm³/mol. The van der Waals surface area contributed by atoms with E-state index in [-0.39, 0.29) is 11.9 Å². The van der Waals surface area contributed by atoms with Crippen LogP contribution in [0.2, 0.25) is 0 Å². The molecule has 1 saturated carbocycles. The van der Waals surface area contributed by atoms with Crippen LogP contribution in [0.5, 0.6) is 0 Å². The number of fused-ring (bicyclic) bond motifs is 1. The number of likely N-dealkylation sites (N-methyl/N-ethyl adjacent to an activating group) is 1. The molecule has 4 nitrogen and oxygen atoms in total. The van der Waals surface area contributed by atoms with Crippen molar-refractivity contribution in [1.29, 1.82) is 0 Å². The number of hydrogen-bond acceptors (Lipinski definition) is 4. The monoisotopic (exact) mass is 317 g/mol. The van der Waals surface area contributed by atoms with E-state index in [2.05, 4.69) is 21.3 Å². The maximum absolute atomic E-state index is 12.3. The van der Waals surface area contributed by atoms with E-state index in [9.17, 15) is 4.79 Å². The molecule has 1 amide bonds. The summed E-state index contributed by atoms with van der Waals surface area (Å²) in [5.41, 5.74) is 1.04. The minimum Gasteiger partial charge on any atom is -0.352 e. The van der Waals surface area contributed by atoms with Gasteiger partial charge in [0.2, 0.25) is 5.91 Å². The Labute approximate surface area is 135 Å². The van der Waals surface area contributed by atoms with Gasteiger partial charge in [-0.3, -0.25) is 9.69 Å². The molecule has 0 spiro atoms. The number of carbonyl (C=O) groups excluding carboxylic acids is 1. The summed E-state index contributed by atoms with van der Waals surface area (Å²) in [7, 11) is 1.99. The van der Waals surface area contributed by atoms with Gasteiger partial charge in [-0.2, -0.15) is 0 Å². The average Bonchev–Trinajstić information content (AvgIpc) is 3.14. The highest BCUT2D eigenvalue weighted by molar-refractivity contribution is 7.18. The molecule has 3 rings (SSSR count). The third kappa shape index (κ3) is 3.47. The van der Waals surface area contributed by atoms with Crippen molar-refractivity contribution in [2.45, 2.75) is 51.2 Å². The fourth-order valence-corrected chi connectivity index (χ4v) is 3.96. The van der Waals surface area contributed by atoms with Gasteiger partial charge in [0.05, 0.1) is 22.8 Å². The number of carbonyl (C=O) groups is 1. The van der Waals surface area contributed by atoms with Crippen LogP contribution in [-0.4, -0.2) is 34.9 Å². The normalized spacial score (nSPS) is 17.2. The molecule has 1 N–H and O–H groups in total. The van der Waals surface area contributed by atoms with Crippen LogP contribution in [0.1, 0.15) is 37.6 Å². The number of amides is 1. The van der Waals surface area contributed by atoms with Crippen molar-refractivity contribution < 1.29 is 4.79 Å². The standard InChI is InChI=1S/C17H23N3OS/c1-12(17(21)18-13-7-3-4-8-13)20(2)11-16-19-14-9-5-6-10-15(14)22-16/h5-6,9-10,12-13H,3-4,7-8,11H2,1-2H3,(H,18,21). The first-order valence-corrected chi connectivity index (χ1v) is 8.80. The Morgan fingerprint density at radius 3 is 2.86 bits per heavy atom. The van der Waals surface area contributed by atoms with E-state index in [4.69, 9.17) is 0 Å². The number of para-hydroxylation sites is 1. The van der Waals surface area contributed by atoms with E-state index in [1.807, 2.05) is 32.2 Å². The second kappa shape index (κ2) is 6.75. The maximum Gasteiger partial charge on any atom is 0.237 e. The Morgan fingerprint density at radius 2 is 2.14 bits per heavy atom. The molecular formula is C17H23N3OS. The van der Waals surface area contributed by atoms with Gasteiger partial charge in [0, 0.05) is 6.04 Å². The van der Waals surface area contributed by atoms with Crippen LogP contribution in [0.3, 0.4) is 0 Å². The summed E-state index contributed by atoms with van der Waals surface area (Å²) in [5, 5.41) is 4.23. The van der Waals surface area contributed by atoms with Crippen LogP contribution < -0.4 is 5.32 Å². The number of hydrogen-bond donors (Lipinski definition) is 1. The molecule has 0 bridgehead atoms. The molecule has 22 heavy (non-hydrogen) atoms. The highest BCUT2D eigenvalue weighted by Gasteiger charge is 2.23. The lowest BCUT2D eigenvalue weighted by molar-refractivity contribution is -0.126. The molecule has 118 valence electrons. The zero-order valence-electron chi connectivity index (χ0n) is 13.2. The first-order valence-electron chi connectivity index (χ1n) is 7.98. The lowest BCUT2D eigenvalue weighted by atomic mass is 10.2. The van der Waals surface area contributed by atoms with Gasteiger partial charge in [0.25, 0.3) is 0 Å². The highest BCUT2D eigenvalue weighted by atomic mass is 32.1. The first-order chi connectivity index (χ1) is 10.6. The Bertz CT molecular complexity index is 615. The van der Waals surface area contributed by atoms with Gasteiger partial charge in [-0.05, 0) is 38.9 Å². The van der Waals surface area contributed by atoms with Gasteiger partial charge < -0.3 is 5.32 Å². The molecule has 1 aromatic carbocycles. The van der Waals surface area contributed by atoms with E-state index in [0.29, 0.717) is 12.6 Å². The first kappa shape index (κ1) is 15.4. The molecule has 5 heteroatoms. The summed E-state index contributed by atoms with van der Waals surface area (Å²) >= 11 is 1.70. The van der Waals surface area contributed by atoms with Gasteiger partial charge in [-0.1, -0.05) is 25.0 Å². The van der Waals surface area contributed by atoms with Crippen LogP contribution in [0, 0.1) is 0 Å². The molecule has 1 aliphatic rings. The van der Waals surface area contributed by atoms with Crippen molar-refractivity contribution in [3.05, 3.63) is 29.3 Å². The topological polar surface area (TPSA) is 45.2 Å². The van der Waals surface area contributed by atoms with Crippen LogP contribution in [0.15, 0.2) is 24.3 Å². The lowest BCUT2D eigenvalue weighted by Gasteiger charge is -2.24. The summed E-state index contributed by atoms with van der Waals surface area (Å²) in [4.78, 5) is 19.0. The number of aromatic nitrogens is 1. The molecule has 2 aromatic rings. The van der Waals surface area contributed by atoms with Crippen LogP contribution in [0.4, 0.5) is 0 Å². The lowest BCUT2D eigenvalue weighted by Crippen LogP contribution is -2.46. The molecule has 1 aliphatic carbocycles. The Kier molecular flexibility index (Phi) is 4.74. The van der Waals surface area contributed by atoms with E-state index in [1.54, 1.807) is 11.3 Å². The number of nitrogens with one attached hydrogen (secondary N) is 1. The molecule has 0 aliphatic heterocycles. The smallest absolute Gasteiger partial charge is 0.237 e. The molecule has 0 saturated heterocycles. The largest absolute Gasteiger partial charge is 0.352 e. The van der Waals surface area contributed by atoms with Crippen LogP contribution in [0.25, 0.3) is 10.2 Å². The zero-order valence-corrected chi connectivity index (χ0v) is 14.0. The minimum atomic E-state index is -0.132. The van der Waals surface area contributed by atoms with Gasteiger partial charge in [-0.15, -0.1) is 11.3 Å². The van der Waals surface area contributed by atoms with Crippen LogP contribution in [-0.2, 0) is 11.3 Å². The van der Waals surface area contributed by atoms with E-state index >= 15 is 0 Å². The molecular weight excluding hydrogens is 294 g/mol. The van der Waals surface area contributed by atoms with Crippen LogP contribution >= 0.6 is 11.3 Å². The van der Waals surface area contributed by atoms with E-state index in [1.165, 1.54) is 17.5 Å². The molecule has 1 unspecified atom stereocenters. The predicted octanol–water partition coefficient (Wildman–Crippen LogP) is 3.18. The molecule has 1 atom stereocenters. The third-order valence-electron chi connectivity index (χ3n) is 4.46. The van der Waals surface area contributed by atoms with Gasteiger partial charge in [0.15, 0.2) is 0 Å². The quantitative estimate of drug-likeness (QED) is 0.921. The Morgan fingerprint density at radius 1 is 1.41 bits per heavy atom. The maximum atomic E-state index is 12.3. The second-order valence-electron chi connectivity index (χ2n) is 6.16. The number of benzene rings is 1. The summed E-state index contributed by atoms with van der Waals surface area (Å²) in [5.74, 6) is 0.135. The van der Waals surface area contributed by atoms with Crippen molar-refractivity contribution in [1.82, 2.24) is 15.2 Å². The summed E-state index contributed by atoms with van der Waals surface area (Å²) in [6.45, 7) is 2.68. The zero-order chi connectivity index (χ0) is 15.5. The number of rotatable bonds is 5. The van der Waals surface area contributed by atoms with E-state index in [0.717, 1.165) is 23.4 Å². The molecule has 1 aromatic heterocycles. The molecule has 0 radical (unpaired) electrons. The average molecular weight is 317 g/mol. The van der Waals surface area contributed by atoms with Crippen molar-refractivity contribution in [2.75, 3.05) is 7.05 Å². The Balaban J connectivity index is 1.60. The fraction of sp³-hybridized carbons (Fsp3) is 0.529. The van der Waals surface area contributed by atoms with E-state index < -0.39 is 0 Å². The fourth-order valence-electron chi connectivity index (χ4n) is 2.93. The third-order valence-corrected chi connectivity index (χ3v) is 5.49. The number of thiazole rings is 1. The van der Waals surface area contributed by atoms with Crippen molar-refractivity contribution in [3.8, 4) is 0 Å². The van der Waals surface area contributed by atoms with Crippen molar-refractivity contribution >= 4 is 27.5 Å². The summed E-state index contributed by atoms with van der Waals surface area (Å²) in [6.07, 6.45) is 4.72. The molecule has 1 fully saturated rings. The summed E-state index contributed by atoms with van der Waals surface area (Å²) in [6, 6.07) is 8.41. The SMILES string of the molecule is CC(C(=O)NC1CCCC1)N(C)Cc1nc2ccccc2s1. The number of nitrogens with zero attached hydrogens (tertiary/aromatic N) is 2. The van der Waals surface area contributed by atoms with Crippen molar-refractivity contribution in [3.63, 3.8) is 0 Å². The highest BCUT2D eigenvalue weighted by Crippen LogP contribution is 2.23. The van der Waals surface area contributed by atoms with Crippen molar-refractivity contribution in [2.24, 2.45) is 0 Å². The second-order valence-corrected chi connectivity index (χ2v) is 7.27. The molecule has 1 heterocycles. The Hall–Kier alpha value is -1.46. The summed E-state index contributed by atoms with van der Waals surface area (Å²) < 4.78 is 1.20.